The maximum atomic E-state index is 13.6. The Hall–Kier alpha value is -2.50. The van der Waals surface area contributed by atoms with E-state index in [0.717, 1.165) is 48.8 Å². The molecule has 2 aromatic carbocycles. The quantitative estimate of drug-likeness (QED) is 0.712. The van der Waals surface area contributed by atoms with E-state index in [9.17, 15) is 4.39 Å². The number of hydrogen-bond donors (Lipinski definition) is 2. The molecule has 4 rings (SSSR count). The van der Waals surface area contributed by atoms with Crippen molar-refractivity contribution < 1.29 is 4.39 Å². The summed E-state index contributed by atoms with van der Waals surface area (Å²) in [6.45, 7) is 1.81. The van der Waals surface area contributed by atoms with Crippen molar-refractivity contribution in [2.24, 2.45) is 0 Å². The van der Waals surface area contributed by atoms with E-state index >= 15 is 0 Å². The summed E-state index contributed by atoms with van der Waals surface area (Å²) >= 11 is 0. The highest BCUT2D eigenvalue weighted by Gasteiger charge is 2.17. The average molecular weight is 385 g/mol. The molecule has 1 aliphatic rings. The number of nitrogens with one attached hydrogen (secondary N) is 2. The van der Waals surface area contributed by atoms with Crippen molar-refractivity contribution in [2.45, 2.75) is 19.3 Å². The predicted octanol–water partition coefficient (Wildman–Crippen LogP) is 4.06. The zero-order valence-electron chi connectivity index (χ0n) is 14.9. The van der Waals surface area contributed by atoms with Crippen LogP contribution in [0.3, 0.4) is 0 Å². The van der Waals surface area contributed by atoms with E-state index in [4.69, 9.17) is 9.97 Å². The molecule has 3 aromatic rings. The van der Waals surface area contributed by atoms with Crippen LogP contribution in [-0.4, -0.2) is 23.1 Å². The lowest BCUT2D eigenvalue weighted by Gasteiger charge is -2.15. The Morgan fingerprint density at radius 3 is 2.59 bits per heavy atom. The van der Waals surface area contributed by atoms with Gasteiger partial charge in [0.1, 0.15) is 17.5 Å². The molecule has 0 unspecified atom stereocenters. The lowest BCUT2D eigenvalue weighted by molar-refractivity contribution is 0.628. The van der Waals surface area contributed by atoms with E-state index < -0.39 is 0 Å². The highest BCUT2D eigenvalue weighted by atomic mass is 35.5. The van der Waals surface area contributed by atoms with E-state index in [1.54, 1.807) is 6.07 Å². The second kappa shape index (κ2) is 8.93. The van der Waals surface area contributed by atoms with Crippen LogP contribution in [0.5, 0.6) is 0 Å². The van der Waals surface area contributed by atoms with Gasteiger partial charge in [-0.15, -0.1) is 12.4 Å². The van der Waals surface area contributed by atoms with Crippen molar-refractivity contribution in [3.63, 3.8) is 0 Å². The number of aromatic nitrogens is 2. The van der Waals surface area contributed by atoms with Gasteiger partial charge in [0.2, 0.25) is 0 Å². The maximum absolute atomic E-state index is 13.6. The predicted molar refractivity (Wildman–Crippen MR) is 108 cm³/mol. The second-order valence-electron chi connectivity index (χ2n) is 6.46. The zero-order chi connectivity index (χ0) is 17.8. The van der Waals surface area contributed by atoms with Gasteiger partial charge in [-0.1, -0.05) is 36.4 Å². The smallest absolute Gasteiger partial charge is 0.137 e. The summed E-state index contributed by atoms with van der Waals surface area (Å²) in [6, 6.07) is 16.7. The first-order valence-electron chi connectivity index (χ1n) is 8.94. The summed E-state index contributed by atoms with van der Waals surface area (Å²) in [6.07, 6.45) is 2.41. The third-order valence-electron chi connectivity index (χ3n) is 4.52. The molecule has 27 heavy (non-hydrogen) atoms. The van der Waals surface area contributed by atoms with Crippen molar-refractivity contribution >= 4 is 23.9 Å². The molecule has 0 fully saturated rings. The van der Waals surface area contributed by atoms with Crippen LogP contribution < -0.4 is 10.6 Å². The number of benzene rings is 2. The summed E-state index contributed by atoms with van der Waals surface area (Å²) in [5.74, 6) is 1.31. The van der Waals surface area contributed by atoms with Crippen LogP contribution in [0.1, 0.15) is 22.6 Å². The number of hydrogen-bond acceptors (Lipinski definition) is 4. The molecule has 2 N–H and O–H groups in total. The van der Waals surface area contributed by atoms with Crippen LogP contribution in [0.2, 0.25) is 0 Å². The van der Waals surface area contributed by atoms with E-state index in [1.165, 1.54) is 17.7 Å². The molecule has 4 nitrogen and oxygen atoms in total. The van der Waals surface area contributed by atoms with Crippen molar-refractivity contribution in [3.05, 3.63) is 83.1 Å². The van der Waals surface area contributed by atoms with E-state index in [2.05, 4.69) is 22.8 Å². The van der Waals surface area contributed by atoms with Crippen LogP contribution in [0, 0.1) is 5.82 Å². The van der Waals surface area contributed by atoms with Gasteiger partial charge in [-0.3, -0.25) is 0 Å². The standard InChI is InChI=1S/C21H21FN4.ClH/c22-16-7-4-8-17(14-16)24-21-18-9-11-23-12-10-19(18)25-20(26-21)13-15-5-2-1-3-6-15;/h1-8,14,23H,9-13H2,(H,24,25,26);1H. The Morgan fingerprint density at radius 1 is 0.963 bits per heavy atom. The minimum atomic E-state index is -0.263. The molecule has 0 amide bonds. The van der Waals surface area contributed by atoms with Gasteiger partial charge in [-0.05, 0) is 36.7 Å². The van der Waals surface area contributed by atoms with Crippen molar-refractivity contribution in [1.82, 2.24) is 15.3 Å². The Morgan fingerprint density at radius 2 is 1.78 bits per heavy atom. The average Bonchev–Trinajstić information content (AvgIpc) is 2.88. The molecule has 0 aliphatic carbocycles. The number of halogens is 2. The summed E-state index contributed by atoms with van der Waals surface area (Å²) in [5, 5.41) is 6.72. The molecule has 140 valence electrons. The second-order valence-corrected chi connectivity index (χ2v) is 6.46. The molecule has 0 radical (unpaired) electrons. The minimum absolute atomic E-state index is 0. The molecular formula is C21H22ClFN4. The molecule has 2 heterocycles. The van der Waals surface area contributed by atoms with Gasteiger partial charge in [0, 0.05) is 30.6 Å². The Kier molecular flexibility index (Phi) is 6.37. The van der Waals surface area contributed by atoms with Crippen molar-refractivity contribution in [3.8, 4) is 0 Å². The van der Waals surface area contributed by atoms with Crippen molar-refractivity contribution in [1.29, 1.82) is 0 Å². The van der Waals surface area contributed by atoms with Gasteiger partial charge < -0.3 is 10.6 Å². The summed E-state index contributed by atoms with van der Waals surface area (Å²) < 4.78 is 13.6. The Labute approximate surface area is 164 Å². The summed E-state index contributed by atoms with van der Waals surface area (Å²) in [7, 11) is 0. The minimum Gasteiger partial charge on any atom is -0.340 e. The van der Waals surface area contributed by atoms with Crippen LogP contribution in [0.4, 0.5) is 15.9 Å². The van der Waals surface area contributed by atoms with Crippen molar-refractivity contribution in [2.75, 3.05) is 18.4 Å². The molecule has 0 saturated heterocycles. The lowest BCUT2D eigenvalue weighted by Crippen LogP contribution is -2.16. The third kappa shape index (κ3) is 4.81. The SMILES string of the molecule is Cl.Fc1cccc(Nc2nc(Cc3ccccc3)nc3c2CCNCC3)c1. The number of nitrogens with zero attached hydrogens (tertiary/aromatic N) is 2. The largest absolute Gasteiger partial charge is 0.340 e. The van der Waals surface area contributed by atoms with Crippen LogP contribution in [-0.2, 0) is 19.3 Å². The normalized spacial score (nSPS) is 13.2. The van der Waals surface area contributed by atoms with Gasteiger partial charge in [0.15, 0.2) is 0 Å². The van der Waals surface area contributed by atoms with Gasteiger partial charge in [0.05, 0.1) is 5.69 Å². The van der Waals surface area contributed by atoms with E-state index in [-0.39, 0.29) is 18.2 Å². The Bertz CT molecular complexity index is 902. The monoisotopic (exact) mass is 384 g/mol. The Balaban J connectivity index is 0.00000210. The fourth-order valence-electron chi connectivity index (χ4n) is 3.26. The van der Waals surface area contributed by atoms with Gasteiger partial charge in [-0.25, -0.2) is 14.4 Å². The zero-order valence-corrected chi connectivity index (χ0v) is 15.7. The molecular weight excluding hydrogens is 363 g/mol. The highest BCUT2D eigenvalue weighted by Crippen LogP contribution is 2.24. The molecule has 1 aliphatic heterocycles. The fourth-order valence-corrected chi connectivity index (χ4v) is 3.26. The summed E-state index contributed by atoms with van der Waals surface area (Å²) in [4.78, 5) is 9.60. The number of fused-ring (bicyclic) bond motifs is 1. The first-order chi connectivity index (χ1) is 12.8. The molecule has 0 saturated carbocycles. The van der Waals surface area contributed by atoms with E-state index in [1.807, 2.05) is 24.3 Å². The van der Waals surface area contributed by atoms with Crippen LogP contribution in [0.25, 0.3) is 0 Å². The van der Waals surface area contributed by atoms with Crippen LogP contribution >= 0.6 is 12.4 Å². The molecule has 0 bridgehead atoms. The fraction of sp³-hybridized carbons (Fsp3) is 0.238. The molecule has 1 aromatic heterocycles. The third-order valence-corrected chi connectivity index (χ3v) is 4.52. The topological polar surface area (TPSA) is 49.8 Å². The summed E-state index contributed by atoms with van der Waals surface area (Å²) in [5.41, 5.74) is 4.08. The number of anilines is 2. The van der Waals surface area contributed by atoms with Gasteiger partial charge in [0.25, 0.3) is 0 Å². The molecule has 0 atom stereocenters. The van der Waals surface area contributed by atoms with E-state index in [0.29, 0.717) is 12.1 Å². The molecule has 0 spiro atoms. The number of rotatable bonds is 4. The van der Waals surface area contributed by atoms with Gasteiger partial charge in [-0.2, -0.15) is 0 Å². The lowest BCUT2D eigenvalue weighted by atomic mass is 10.1. The maximum Gasteiger partial charge on any atom is 0.137 e. The van der Waals surface area contributed by atoms with Gasteiger partial charge >= 0.3 is 0 Å². The van der Waals surface area contributed by atoms with Crippen LogP contribution in [0.15, 0.2) is 54.6 Å². The highest BCUT2D eigenvalue weighted by molar-refractivity contribution is 5.85. The first-order valence-corrected chi connectivity index (χ1v) is 8.94. The first kappa shape index (κ1) is 19.3. The molecule has 6 heteroatoms.